The lowest BCUT2D eigenvalue weighted by molar-refractivity contribution is 0.0765. The van der Waals surface area contributed by atoms with E-state index in [1.807, 2.05) is 31.2 Å². The van der Waals surface area contributed by atoms with Gasteiger partial charge in [-0.05, 0) is 43.0 Å². The number of nitrogens with zero attached hydrogens (tertiary/aromatic N) is 2. The number of rotatable bonds is 5. The number of hydrogen-bond acceptors (Lipinski definition) is 5. The maximum atomic E-state index is 9.93. The molecule has 0 saturated carbocycles. The molecule has 0 spiro atoms. The zero-order valence-electron chi connectivity index (χ0n) is 19.7. The highest BCUT2D eigenvalue weighted by Gasteiger charge is 2.26. The quantitative estimate of drug-likeness (QED) is 0.822. The summed E-state index contributed by atoms with van der Waals surface area (Å²) < 4.78 is 38.8. The van der Waals surface area contributed by atoms with Crippen LogP contribution in [0.25, 0.3) is 0 Å². The monoisotopic (exact) mass is 388 g/mol. The van der Waals surface area contributed by atoms with Crippen LogP contribution in [-0.4, -0.2) is 49.3 Å². The van der Waals surface area contributed by atoms with E-state index < -0.39 is 19.1 Å². The van der Waals surface area contributed by atoms with E-state index in [0.717, 1.165) is 26.9 Å². The van der Waals surface area contributed by atoms with Gasteiger partial charge in [0.25, 0.3) is 0 Å². The third kappa shape index (κ3) is 4.10. The summed E-state index contributed by atoms with van der Waals surface area (Å²) in [5.41, 5.74) is 2.12. The Bertz CT molecular complexity index is 941. The summed E-state index contributed by atoms with van der Waals surface area (Å²) in [6.45, 7) is -0.930. The van der Waals surface area contributed by atoms with Crippen molar-refractivity contribution < 1.29 is 15.3 Å². The number of aliphatic hydroxyl groups is 1. The number of hydrogen-bond donors (Lipinski definition) is 1. The van der Waals surface area contributed by atoms with E-state index in [1.54, 1.807) is 18.9 Å². The van der Waals surface area contributed by atoms with Crippen molar-refractivity contribution >= 4 is 23.1 Å². The van der Waals surface area contributed by atoms with Crippen LogP contribution >= 0.6 is 11.8 Å². The maximum absolute atomic E-state index is 9.93. The number of methoxy groups -OCH3 is 1. The summed E-state index contributed by atoms with van der Waals surface area (Å²) in [5.74, 6) is 0.740. The average Bonchev–Trinajstić information content (AvgIpc) is 2.69. The van der Waals surface area contributed by atoms with Gasteiger partial charge in [-0.3, -0.25) is 0 Å². The van der Waals surface area contributed by atoms with Crippen molar-refractivity contribution in [1.29, 1.82) is 0 Å². The first-order valence-electron chi connectivity index (χ1n) is 11.3. The molecule has 1 unspecified atom stereocenters. The molecule has 144 valence electrons. The fourth-order valence-corrected chi connectivity index (χ4v) is 4.58. The second kappa shape index (κ2) is 8.13. The Hall–Kier alpha value is -1.69. The Balaban J connectivity index is 1.62. The SMILES string of the molecule is [2H]C1([2H])CC(O)CC([2H])([2H])N1CC(C)CN1c2ccccc2Sc2ccc(OC)cc21. The molecular formula is C22H28N2O2S. The lowest BCUT2D eigenvalue weighted by Gasteiger charge is -2.37. The zero-order chi connectivity index (χ0) is 22.4. The van der Waals surface area contributed by atoms with Gasteiger partial charge in [0.1, 0.15) is 5.75 Å². The summed E-state index contributed by atoms with van der Waals surface area (Å²) in [5, 5.41) is 9.93. The van der Waals surface area contributed by atoms with E-state index in [4.69, 9.17) is 10.2 Å². The first-order chi connectivity index (χ1) is 14.6. The molecule has 0 amide bonds. The van der Waals surface area contributed by atoms with E-state index >= 15 is 0 Å². The van der Waals surface area contributed by atoms with Gasteiger partial charge >= 0.3 is 0 Å². The summed E-state index contributed by atoms with van der Waals surface area (Å²) in [6, 6.07) is 14.2. The Morgan fingerprint density at radius 2 is 1.89 bits per heavy atom. The molecule has 2 aliphatic heterocycles. The van der Waals surface area contributed by atoms with Crippen LogP contribution in [0.15, 0.2) is 52.3 Å². The predicted molar refractivity (Wildman–Crippen MR) is 111 cm³/mol. The van der Waals surface area contributed by atoms with Crippen molar-refractivity contribution in [2.75, 3.05) is 38.1 Å². The number of ether oxygens (including phenoxy) is 1. The van der Waals surface area contributed by atoms with Crippen LogP contribution < -0.4 is 9.64 Å². The number of aliphatic hydroxyl groups excluding tert-OH is 1. The molecule has 1 fully saturated rings. The normalized spacial score (nSPS) is 24.6. The second-order valence-electron chi connectivity index (χ2n) is 7.11. The first-order valence-corrected chi connectivity index (χ1v) is 10.1. The minimum absolute atomic E-state index is 0.0319. The molecule has 0 aromatic heterocycles. The fourth-order valence-electron chi connectivity index (χ4n) is 3.50. The van der Waals surface area contributed by atoms with Gasteiger partial charge in [-0.25, -0.2) is 0 Å². The van der Waals surface area contributed by atoms with Gasteiger partial charge in [0, 0.05) is 47.4 Å². The van der Waals surface area contributed by atoms with Crippen molar-refractivity contribution in [1.82, 2.24) is 4.90 Å². The standard InChI is InChI=1S/C22H28N2O2S/c1-16(14-23-11-9-17(25)10-12-23)15-24-19-5-3-4-6-21(19)27-22-8-7-18(26-2)13-20(22)24/h3-8,13,16-17,25H,9-12,14-15H2,1-2H3/i11D2,12D2. The number of fused-ring (bicyclic) bond motifs is 2. The highest BCUT2D eigenvalue weighted by Crippen LogP contribution is 2.49. The smallest absolute Gasteiger partial charge is 0.121 e. The number of likely N-dealkylation sites (tertiary alicyclic amines) is 1. The number of benzene rings is 2. The van der Waals surface area contributed by atoms with Gasteiger partial charge < -0.3 is 19.6 Å². The van der Waals surface area contributed by atoms with Crippen LogP contribution in [-0.2, 0) is 0 Å². The molecule has 2 aromatic rings. The van der Waals surface area contributed by atoms with Crippen molar-refractivity contribution in [3.63, 3.8) is 0 Å². The van der Waals surface area contributed by atoms with Gasteiger partial charge in [0.05, 0.1) is 24.6 Å². The van der Waals surface area contributed by atoms with Crippen molar-refractivity contribution in [2.45, 2.75) is 35.7 Å². The molecule has 27 heavy (non-hydrogen) atoms. The molecule has 0 radical (unpaired) electrons. The molecule has 0 bridgehead atoms. The number of piperidine rings is 1. The van der Waals surface area contributed by atoms with E-state index in [9.17, 15) is 5.11 Å². The third-order valence-electron chi connectivity index (χ3n) is 4.86. The molecule has 4 rings (SSSR count). The molecule has 0 aliphatic carbocycles. The lowest BCUT2D eigenvalue weighted by Crippen LogP contribution is -2.40. The molecule has 2 aromatic carbocycles. The molecule has 1 atom stereocenters. The van der Waals surface area contributed by atoms with Crippen LogP contribution in [0.4, 0.5) is 11.4 Å². The van der Waals surface area contributed by atoms with Gasteiger partial charge in [-0.2, -0.15) is 0 Å². The number of para-hydroxylation sites is 1. The van der Waals surface area contributed by atoms with Crippen molar-refractivity contribution in [2.24, 2.45) is 5.92 Å². The summed E-state index contributed by atoms with van der Waals surface area (Å²) in [6.07, 6.45) is -1.13. The minimum Gasteiger partial charge on any atom is -0.497 e. The highest BCUT2D eigenvalue weighted by atomic mass is 32.2. The molecule has 2 heterocycles. The average molecular weight is 389 g/mol. The fraction of sp³-hybridized carbons (Fsp3) is 0.455. The molecule has 4 nitrogen and oxygen atoms in total. The molecule has 1 saturated heterocycles. The zero-order valence-corrected chi connectivity index (χ0v) is 16.5. The summed E-state index contributed by atoms with van der Waals surface area (Å²) >= 11 is 1.71. The summed E-state index contributed by atoms with van der Waals surface area (Å²) in [4.78, 5) is 5.78. The Morgan fingerprint density at radius 3 is 2.67 bits per heavy atom. The van der Waals surface area contributed by atoms with Crippen LogP contribution in [0.3, 0.4) is 0 Å². The van der Waals surface area contributed by atoms with Crippen molar-refractivity contribution in [3.05, 3.63) is 42.5 Å². The molecule has 2 aliphatic rings. The van der Waals surface area contributed by atoms with Crippen LogP contribution in [0.2, 0.25) is 0 Å². The number of anilines is 2. The molecule has 5 heteroatoms. The Morgan fingerprint density at radius 1 is 1.15 bits per heavy atom. The van der Waals surface area contributed by atoms with Gasteiger partial charge in [0.15, 0.2) is 0 Å². The van der Waals surface area contributed by atoms with Crippen LogP contribution in [0, 0.1) is 5.92 Å². The minimum atomic E-state index is -1.90. The largest absolute Gasteiger partial charge is 0.497 e. The van der Waals surface area contributed by atoms with Gasteiger partial charge in [-0.15, -0.1) is 0 Å². The predicted octanol–water partition coefficient (Wildman–Crippen LogP) is 4.39. The van der Waals surface area contributed by atoms with Gasteiger partial charge in [0.2, 0.25) is 0 Å². The first kappa shape index (κ1) is 14.3. The van der Waals surface area contributed by atoms with Gasteiger partial charge in [-0.1, -0.05) is 30.8 Å². The molecule has 1 N–H and O–H groups in total. The van der Waals surface area contributed by atoms with E-state index in [1.165, 1.54) is 4.90 Å². The van der Waals surface area contributed by atoms with Crippen LogP contribution in [0.1, 0.15) is 25.2 Å². The van der Waals surface area contributed by atoms with E-state index in [2.05, 4.69) is 23.1 Å². The maximum Gasteiger partial charge on any atom is 0.121 e. The van der Waals surface area contributed by atoms with Crippen molar-refractivity contribution in [3.8, 4) is 5.75 Å². The lowest BCUT2D eigenvalue weighted by atomic mass is 10.0. The Kier molecular flexibility index (Phi) is 4.31. The molecular weight excluding hydrogens is 356 g/mol. The Labute approximate surface area is 171 Å². The highest BCUT2D eigenvalue weighted by molar-refractivity contribution is 7.99. The topological polar surface area (TPSA) is 35.9 Å². The summed E-state index contributed by atoms with van der Waals surface area (Å²) in [7, 11) is 1.65. The van der Waals surface area contributed by atoms with Crippen LogP contribution in [0.5, 0.6) is 5.75 Å². The third-order valence-corrected chi connectivity index (χ3v) is 5.99. The van der Waals surface area contributed by atoms with E-state index in [0.29, 0.717) is 6.54 Å². The van der Waals surface area contributed by atoms with E-state index in [-0.39, 0.29) is 25.3 Å². The second-order valence-corrected chi connectivity index (χ2v) is 8.19.